The number of rotatable bonds is 12. The maximum Gasteiger partial charge on any atom is 0.341 e. The topological polar surface area (TPSA) is 87.2 Å². The van der Waals surface area contributed by atoms with E-state index < -0.39 is 22.6 Å². The van der Waals surface area contributed by atoms with Crippen molar-refractivity contribution in [2.75, 3.05) is 46.1 Å². The molecule has 1 heterocycles. The Labute approximate surface area is 219 Å². The van der Waals surface area contributed by atoms with E-state index in [2.05, 4.69) is 0 Å². The van der Waals surface area contributed by atoms with Crippen LogP contribution in [0.4, 0.5) is 0 Å². The van der Waals surface area contributed by atoms with Crippen LogP contribution in [0.1, 0.15) is 11.1 Å². The van der Waals surface area contributed by atoms with Crippen LogP contribution in [0, 0.1) is 13.8 Å². The third-order valence-electron chi connectivity index (χ3n) is 5.33. The van der Waals surface area contributed by atoms with Gasteiger partial charge in [0.25, 0.3) is 10.0 Å². The highest BCUT2D eigenvalue weighted by Crippen LogP contribution is 2.37. The summed E-state index contributed by atoms with van der Waals surface area (Å²) in [6, 6.07) is 11.0. The predicted molar refractivity (Wildman–Crippen MR) is 144 cm³/mol. The number of thiophene rings is 1. The van der Waals surface area contributed by atoms with Crippen molar-refractivity contribution in [3.8, 4) is 5.75 Å². The van der Waals surface area contributed by atoms with Gasteiger partial charge in [0.15, 0.2) is 6.61 Å². The van der Waals surface area contributed by atoms with Crippen molar-refractivity contribution in [1.29, 1.82) is 0 Å². The SMILES string of the molecule is Cc1cc(SCCN(CCN(C)C)S(=O)(=O)c2sc3ccc(Cl)cc3c2C)ccc1OCC(=O)O. The molecular formula is C24H29ClN2O5S3. The molecule has 2 aromatic carbocycles. The van der Waals surface area contributed by atoms with Crippen molar-refractivity contribution < 1.29 is 23.1 Å². The molecule has 0 spiro atoms. The van der Waals surface area contributed by atoms with E-state index in [1.807, 2.05) is 57.1 Å². The van der Waals surface area contributed by atoms with Crippen LogP contribution in [0.25, 0.3) is 10.1 Å². The number of carboxylic acids is 1. The number of nitrogens with zero attached hydrogens (tertiary/aromatic N) is 2. The number of benzene rings is 2. The molecule has 190 valence electrons. The molecule has 0 unspecified atom stereocenters. The van der Waals surface area contributed by atoms with E-state index in [4.69, 9.17) is 21.4 Å². The fourth-order valence-electron chi connectivity index (χ4n) is 3.48. The van der Waals surface area contributed by atoms with Gasteiger partial charge in [-0.3, -0.25) is 0 Å². The number of ether oxygens (including phenoxy) is 1. The Morgan fingerprint density at radius 2 is 1.86 bits per heavy atom. The standard InChI is InChI=1S/C24H29ClN2O5S3/c1-16-13-19(6-7-21(16)32-15-23(28)29)33-12-11-27(10-9-26(3)4)35(30,31)24-17(2)20-14-18(25)5-8-22(20)34-24/h5-8,13-14H,9-12,15H2,1-4H3,(H,28,29). The van der Waals surface area contributed by atoms with Crippen molar-refractivity contribution in [2.24, 2.45) is 0 Å². The fraction of sp³-hybridized carbons (Fsp3) is 0.375. The number of fused-ring (bicyclic) bond motifs is 1. The summed E-state index contributed by atoms with van der Waals surface area (Å²) in [5, 5.41) is 10.2. The summed E-state index contributed by atoms with van der Waals surface area (Å²) in [6.07, 6.45) is 0. The van der Waals surface area contributed by atoms with Gasteiger partial charge in [0.05, 0.1) is 0 Å². The second kappa shape index (κ2) is 11.9. The lowest BCUT2D eigenvalue weighted by Gasteiger charge is -2.23. The lowest BCUT2D eigenvalue weighted by Crippen LogP contribution is -2.38. The molecule has 1 N–H and O–H groups in total. The number of aryl methyl sites for hydroxylation is 2. The van der Waals surface area contributed by atoms with Gasteiger partial charge in [-0.25, -0.2) is 13.2 Å². The molecule has 0 saturated carbocycles. The summed E-state index contributed by atoms with van der Waals surface area (Å²) < 4.78 is 35.5. The molecule has 0 saturated heterocycles. The molecule has 7 nitrogen and oxygen atoms in total. The van der Waals surface area contributed by atoms with Crippen molar-refractivity contribution >= 4 is 60.8 Å². The molecule has 0 aliphatic rings. The Kier molecular flexibility index (Phi) is 9.47. The van der Waals surface area contributed by atoms with E-state index in [9.17, 15) is 13.2 Å². The molecule has 3 rings (SSSR count). The fourth-order valence-corrected chi connectivity index (χ4v) is 8.05. The first kappa shape index (κ1) is 27.8. The van der Waals surface area contributed by atoms with Crippen LogP contribution in [-0.4, -0.2) is 74.8 Å². The number of carboxylic acid groups (broad SMARTS) is 1. The Balaban J connectivity index is 1.76. The van der Waals surface area contributed by atoms with Crippen molar-refractivity contribution in [1.82, 2.24) is 9.21 Å². The summed E-state index contributed by atoms with van der Waals surface area (Å²) in [5.74, 6) is 0.0584. The number of thioether (sulfide) groups is 1. The minimum atomic E-state index is -3.69. The first-order valence-corrected chi connectivity index (χ1v) is 14.5. The van der Waals surface area contributed by atoms with Gasteiger partial charge in [0.2, 0.25) is 0 Å². The molecule has 0 aliphatic heterocycles. The van der Waals surface area contributed by atoms with Crippen LogP contribution in [-0.2, 0) is 14.8 Å². The Morgan fingerprint density at radius 1 is 1.11 bits per heavy atom. The highest BCUT2D eigenvalue weighted by atomic mass is 35.5. The normalized spacial score (nSPS) is 12.1. The van der Waals surface area contributed by atoms with Crippen LogP contribution in [0.15, 0.2) is 45.5 Å². The van der Waals surface area contributed by atoms with E-state index in [-0.39, 0.29) is 0 Å². The van der Waals surface area contributed by atoms with Gasteiger partial charge in [-0.05, 0) is 80.9 Å². The average Bonchev–Trinajstić information content (AvgIpc) is 3.11. The van der Waals surface area contributed by atoms with Gasteiger partial charge in [0.1, 0.15) is 9.96 Å². The quantitative estimate of drug-likeness (QED) is 0.315. The molecule has 0 amide bonds. The molecule has 0 fully saturated rings. The summed E-state index contributed by atoms with van der Waals surface area (Å²) in [5.41, 5.74) is 1.55. The molecular weight excluding hydrogens is 528 g/mol. The monoisotopic (exact) mass is 556 g/mol. The maximum atomic E-state index is 13.7. The van der Waals surface area contributed by atoms with E-state index in [1.165, 1.54) is 11.3 Å². The largest absolute Gasteiger partial charge is 0.482 e. The number of halogens is 1. The van der Waals surface area contributed by atoms with Crippen LogP contribution >= 0.6 is 34.7 Å². The second-order valence-electron chi connectivity index (χ2n) is 8.32. The van der Waals surface area contributed by atoms with Crippen LogP contribution < -0.4 is 4.74 Å². The van der Waals surface area contributed by atoms with E-state index in [0.717, 1.165) is 26.1 Å². The predicted octanol–water partition coefficient (Wildman–Crippen LogP) is 4.98. The minimum Gasteiger partial charge on any atom is -0.482 e. The molecule has 1 aromatic heterocycles. The Bertz CT molecular complexity index is 1310. The van der Waals surface area contributed by atoms with Gasteiger partial charge < -0.3 is 14.7 Å². The van der Waals surface area contributed by atoms with Crippen LogP contribution in [0.3, 0.4) is 0 Å². The van der Waals surface area contributed by atoms with Crippen molar-refractivity contribution in [3.63, 3.8) is 0 Å². The molecule has 0 atom stereocenters. The third-order valence-corrected chi connectivity index (χ3v) is 10.3. The first-order valence-electron chi connectivity index (χ1n) is 10.9. The lowest BCUT2D eigenvalue weighted by molar-refractivity contribution is -0.139. The van der Waals surface area contributed by atoms with Gasteiger partial charge in [-0.15, -0.1) is 23.1 Å². The van der Waals surface area contributed by atoms with Crippen LogP contribution in [0.2, 0.25) is 5.02 Å². The van der Waals surface area contributed by atoms with Crippen LogP contribution in [0.5, 0.6) is 5.75 Å². The highest BCUT2D eigenvalue weighted by Gasteiger charge is 2.29. The number of aliphatic carboxylic acids is 1. The zero-order chi connectivity index (χ0) is 25.8. The molecule has 0 radical (unpaired) electrons. The summed E-state index contributed by atoms with van der Waals surface area (Å²) in [7, 11) is 0.146. The summed E-state index contributed by atoms with van der Waals surface area (Å²) in [4.78, 5) is 13.7. The molecule has 11 heteroatoms. The van der Waals surface area contributed by atoms with E-state index in [1.54, 1.807) is 28.2 Å². The number of hydrogen-bond acceptors (Lipinski definition) is 7. The zero-order valence-corrected chi connectivity index (χ0v) is 23.3. The third kappa shape index (κ3) is 7.12. The molecule has 3 aromatic rings. The van der Waals surface area contributed by atoms with Gasteiger partial charge in [-0.1, -0.05) is 11.6 Å². The first-order chi connectivity index (χ1) is 16.5. The lowest BCUT2D eigenvalue weighted by atomic mass is 10.2. The highest BCUT2D eigenvalue weighted by molar-refractivity contribution is 7.99. The Morgan fingerprint density at radius 3 is 2.51 bits per heavy atom. The summed E-state index contributed by atoms with van der Waals surface area (Å²) in [6.45, 7) is 4.63. The van der Waals surface area contributed by atoms with Gasteiger partial charge in [0, 0.05) is 40.0 Å². The number of hydrogen-bond donors (Lipinski definition) is 1. The van der Waals surface area contributed by atoms with Gasteiger partial charge >= 0.3 is 5.97 Å². The minimum absolute atomic E-state index is 0.353. The molecule has 0 aliphatic carbocycles. The van der Waals surface area contributed by atoms with Crippen molar-refractivity contribution in [2.45, 2.75) is 23.0 Å². The molecule has 0 bridgehead atoms. The van der Waals surface area contributed by atoms with E-state index in [0.29, 0.717) is 40.4 Å². The van der Waals surface area contributed by atoms with Gasteiger partial charge in [-0.2, -0.15) is 4.31 Å². The van der Waals surface area contributed by atoms with Crippen molar-refractivity contribution in [3.05, 3.63) is 52.5 Å². The second-order valence-corrected chi connectivity index (χ2v) is 13.1. The maximum absolute atomic E-state index is 13.7. The Hall–Kier alpha value is -1.82. The van der Waals surface area contributed by atoms with E-state index >= 15 is 0 Å². The summed E-state index contributed by atoms with van der Waals surface area (Å²) >= 11 is 8.97. The average molecular weight is 557 g/mol. The zero-order valence-electron chi connectivity index (χ0n) is 20.1. The number of carbonyl (C=O) groups is 1. The number of sulfonamides is 1. The molecule has 35 heavy (non-hydrogen) atoms. The smallest absolute Gasteiger partial charge is 0.341 e. The number of likely N-dealkylation sites (N-methyl/N-ethyl adjacent to an activating group) is 1.